The highest BCUT2D eigenvalue weighted by molar-refractivity contribution is 5.66. The van der Waals surface area contributed by atoms with Crippen molar-refractivity contribution in [1.29, 1.82) is 0 Å². The van der Waals surface area contributed by atoms with E-state index in [0.29, 0.717) is 12.8 Å². The Morgan fingerprint density at radius 1 is 0.840 bits per heavy atom. The normalized spacial score (nSPS) is 14.3. The second-order valence-electron chi connectivity index (χ2n) is 5.55. The third kappa shape index (κ3) is 19.8. The number of rotatable bonds is 14. The van der Waals surface area contributed by atoms with Gasteiger partial charge in [-0.15, -0.1) is 0 Å². The highest BCUT2D eigenvalue weighted by Crippen LogP contribution is 1.99. The maximum absolute atomic E-state index is 10.3. The van der Waals surface area contributed by atoms with Gasteiger partial charge in [-0.3, -0.25) is 4.79 Å². The number of carbonyl (C=O) groups is 1. The van der Waals surface area contributed by atoms with Crippen molar-refractivity contribution < 1.29 is 15.0 Å². The van der Waals surface area contributed by atoms with Crippen LogP contribution in [0.5, 0.6) is 0 Å². The van der Waals surface area contributed by atoms with Crippen molar-refractivity contribution in [3.8, 4) is 0 Å². The monoisotopic (exact) mass is 344 g/mol. The summed E-state index contributed by atoms with van der Waals surface area (Å²) in [6.45, 7) is 2.11. The molecule has 0 aliphatic carbocycles. The lowest BCUT2D eigenvalue weighted by atomic mass is 10.2. The number of carboxylic acids is 1. The molecule has 0 radical (unpaired) electrons. The molecular formula is C22H32O3. The Morgan fingerprint density at radius 3 is 2.12 bits per heavy atom. The molecule has 0 aromatic rings. The van der Waals surface area contributed by atoms with Crippen molar-refractivity contribution in [2.75, 3.05) is 0 Å². The Bertz CT molecular complexity index is 493. The van der Waals surface area contributed by atoms with Crippen molar-refractivity contribution in [1.82, 2.24) is 0 Å². The average molecular weight is 344 g/mol. The number of hydrogen-bond donors (Lipinski definition) is 2. The van der Waals surface area contributed by atoms with Gasteiger partial charge in [0.15, 0.2) is 0 Å². The SMILES string of the molecule is CC/C=C\C/C=C\C=C\[C@H](O)C/C=C\C/C=C\C/C=C\CCC(=O)O. The standard InChI is InChI=1S/C22H32O3/c1-2-3-4-5-9-12-15-18-21(23)19-16-13-10-7-6-8-11-14-17-20-22(24)25/h3-4,6-7,9,11-16,18,21,23H,2,5,8,10,17,19-20H2,1H3,(H,24,25)/b4-3-,7-6-,12-9-,14-11-,16-13-,18-15+/t21-/m0/s1. The van der Waals surface area contributed by atoms with Gasteiger partial charge < -0.3 is 10.2 Å². The van der Waals surface area contributed by atoms with Crippen molar-refractivity contribution in [3.05, 3.63) is 72.9 Å². The Labute approximate surface area is 152 Å². The summed E-state index contributed by atoms with van der Waals surface area (Å²) in [4.78, 5) is 10.3. The van der Waals surface area contributed by atoms with Gasteiger partial charge in [-0.25, -0.2) is 0 Å². The fourth-order valence-electron chi connectivity index (χ4n) is 1.87. The number of aliphatic hydroxyl groups excluding tert-OH is 1. The molecule has 0 aliphatic rings. The van der Waals surface area contributed by atoms with E-state index >= 15 is 0 Å². The Hall–Kier alpha value is -2.13. The molecular weight excluding hydrogens is 312 g/mol. The smallest absolute Gasteiger partial charge is 0.303 e. The van der Waals surface area contributed by atoms with Gasteiger partial charge in [0.1, 0.15) is 0 Å². The number of allylic oxidation sites excluding steroid dienone is 10. The van der Waals surface area contributed by atoms with Crippen LogP contribution in [0.4, 0.5) is 0 Å². The van der Waals surface area contributed by atoms with E-state index in [2.05, 4.69) is 37.3 Å². The first kappa shape index (κ1) is 22.9. The molecule has 0 rings (SSSR count). The molecule has 0 aromatic carbocycles. The largest absolute Gasteiger partial charge is 0.481 e. The van der Waals surface area contributed by atoms with E-state index in [0.717, 1.165) is 25.7 Å². The molecule has 0 bridgehead atoms. The van der Waals surface area contributed by atoms with Gasteiger partial charge in [0.25, 0.3) is 0 Å². The van der Waals surface area contributed by atoms with E-state index in [4.69, 9.17) is 5.11 Å². The van der Waals surface area contributed by atoms with Crippen molar-refractivity contribution in [2.45, 2.75) is 58.0 Å². The van der Waals surface area contributed by atoms with Crippen LogP contribution >= 0.6 is 0 Å². The van der Waals surface area contributed by atoms with E-state index in [9.17, 15) is 9.90 Å². The van der Waals surface area contributed by atoms with Gasteiger partial charge in [0.05, 0.1) is 6.10 Å². The minimum absolute atomic E-state index is 0.186. The molecule has 0 spiro atoms. The van der Waals surface area contributed by atoms with E-state index in [1.165, 1.54) is 0 Å². The lowest BCUT2D eigenvalue weighted by Gasteiger charge is -1.98. The topological polar surface area (TPSA) is 57.5 Å². The molecule has 0 fully saturated rings. The summed E-state index contributed by atoms with van der Waals surface area (Å²) >= 11 is 0. The summed E-state index contributed by atoms with van der Waals surface area (Å²) in [7, 11) is 0. The van der Waals surface area contributed by atoms with Gasteiger partial charge in [-0.2, -0.15) is 0 Å². The summed E-state index contributed by atoms with van der Waals surface area (Å²) in [5.74, 6) is -0.762. The van der Waals surface area contributed by atoms with Crippen LogP contribution in [0.3, 0.4) is 0 Å². The van der Waals surface area contributed by atoms with Gasteiger partial charge in [-0.1, -0.05) is 79.8 Å². The molecule has 2 N–H and O–H groups in total. The van der Waals surface area contributed by atoms with Gasteiger partial charge in [0.2, 0.25) is 0 Å². The van der Waals surface area contributed by atoms with Crippen LogP contribution in [-0.4, -0.2) is 22.3 Å². The summed E-state index contributed by atoms with van der Waals surface area (Å²) in [6, 6.07) is 0. The lowest BCUT2D eigenvalue weighted by Crippen LogP contribution is -1.98. The van der Waals surface area contributed by atoms with Crippen LogP contribution in [-0.2, 0) is 4.79 Å². The highest BCUT2D eigenvalue weighted by atomic mass is 16.4. The zero-order chi connectivity index (χ0) is 18.6. The summed E-state index contributed by atoms with van der Waals surface area (Å²) in [6.07, 6.45) is 28.5. The van der Waals surface area contributed by atoms with Crippen LogP contribution in [0.25, 0.3) is 0 Å². The average Bonchev–Trinajstić information content (AvgIpc) is 2.58. The summed E-state index contributed by atoms with van der Waals surface area (Å²) in [5, 5.41) is 18.3. The predicted molar refractivity (Wildman–Crippen MR) is 106 cm³/mol. The molecule has 138 valence electrons. The van der Waals surface area contributed by atoms with Gasteiger partial charge in [0, 0.05) is 6.42 Å². The molecule has 3 heteroatoms. The number of carboxylic acid groups (broad SMARTS) is 1. The van der Waals surface area contributed by atoms with E-state index in [1.807, 2.05) is 36.5 Å². The maximum atomic E-state index is 10.3. The molecule has 0 aromatic heterocycles. The van der Waals surface area contributed by atoms with E-state index in [-0.39, 0.29) is 6.42 Å². The molecule has 0 saturated carbocycles. The molecule has 25 heavy (non-hydrogen) atoms. The van der Waals surface area contributed by atoms with Crippen LogP contribution < -0.4 is 0 Å². The molecule has 1 atom stereocenters. The fourth-order valence-corrected chi connectivity index (χ4v) is 1.87. The minimum atomic E-state index is -0.762. The van der Waals surface area contributed by atoms with Crippen LogP contribution in [0.1, 0.15) is 51.9 Å². The zero-order valence-corrected chi connectivity index (χ0v) is 15.3. The number of aliphatic hydroxyl groups is 1. The third-order valence-corrected chi connectivity index (χ3v) is 3.20. The number of hydrogen-bond acceptors (Lipinski definition) is 2. The summed E-state index contributed by atoms with van der Waals surface area (Å²) < 4.78 is 0. The van der Waals surface area contributed by atoms with Crippen LogP contribution in [0, 0.1) is 0 Å². The van der Waals surface area contributed by atoms with Crippen molar-refractivity contribution >= 4 is 5.97 Å². The first-order valence-corrected chi connectivity index (χ1v) is 9.00. The molecule has 0 saturated heterocycles. The Kier molecular flexibility index (Phi) is 16.7. The van der Waals surface area contributed by atoms with Crippen LogP contribution in [0.2, 0.25) is 0 Å². The first-order valence-electron chi connectivity index (χ1n) is 9.00. The highest BCUT2D eigenvalue weighted by Gasteiger charge is 1.92. The van der Waals surface area contributed by atoms with E-state index < -0.39 is 12.1 Å². The summed E-state index contributed by atoms with van der Waals surface area (Å²) in [5.41, 5.74) is 0. The zero-order valence-electron chi connectivity index (χ0n) is 15.3. The Morgan fingerprint density at radius 2 is 1.44 bits per heavy atom. The molecule has 3 nitrogen and oxygen atoms in total. The van der Waals surface area contributed by atoms with Crippen molar-refractivity contribution in [3.63, 3.8) is 0 Å². The van der Waals surface area contributed by atoms with Crippen molar-refractivity contribution in [2.24, 2.45) is 0 Å². The molecule has 0 unspecified atom stereocenters. The number of aliphatic carboxylic acids is 1. The van der Waals surface area contributed by atoms with E-state index in [1.54, 1.807) is 6.08 Å². The Balaban J connectivity index is 3.70. The maximum Gasteiger partial charge on any atom is 0.303 e. The van der Waals surface area contributed by atoms with Gasteiger partial charge in [-0.05, 0) is 38.5 Å². The fraction of sp³-hybridized carbons (Fsp3) is 0.409. The minimum Gasteiger partial charge on any atom is -0.481 e. The third-order valence-electron chi connectivity index (χ3n) is 3.20. The molecule has 0 amide bonds. The second kappa shape index (κ2) is 18.2. The lowest BCUT2D eigenvalue weighted by molar-refractivity contribution is -0.136. The quantitative estimate of drug-likeness (QED) is 0.322. The first-order chi connectivity index (χ1) is 12.2. The molecule has 0 heterocycles. The predicted octanol–water partition coefficient (Wildman–Crippen LogP) is 5.52. The van der Waals surface area contributed by atoms with Gasteiger partial charge >= 0.3 is 5.97 Å². The van der Waals surface area contributed by atoms with Crippen LogP contribution in [0.15, 0.2) is 72.9 Å². The molecule has 0 aliphatic heterocycles. The second-order valence-corrected chi connectivity index (χ2v) is 5.55.